The molecule has 0 bridgehead atoms. The first-order valence-electron chi connectivity index (χ1n) is 8.40. The maximum Gasteiger partial charge on any atom is 0.256 e. The molecule has 24 heavy (non-hydrogen) atoms. The van der Waals surface area contributed by atoms with Crippen molar-refractivity contribution in [2.75, 3.05) is 13.1 Å². The number of carbonyl (C=O) groups excluding carboxylic acids is 1. The van der Waals surface area contributed by atoms with Gasteiger partial charge < -0.3 is 10.2 Å². The first-order chi connectivity index (χ1) is 11.6. The highest BCUT2D eigenvalue weighted by Gasteiger charge is 2.26. The van der Waals surface area contributed by atoms with Crippen LogP contribution in [-0.4, -0.2) is 29.9 Å². The zero-order valence-electron chi connectivity index (χ0n) is 14.1. The molecule has 1 atom stereocenters. The van der Waals surface area contributed by atoms with Crippen LogP contribution in [0.25, 0.3) is 0 Å². The average Bonchev–Trinajstić information content (AvgIpc) is 3.01. The minimum Gasteiger partial charge on any atom is -0.338 e. The minimum atomic E-state index is -0.440. The van der Waals surface area contributed by atoms with Crippen LogP contribution in [0.4, 0.5) is 4.39 Å². The molecule has 1 fully saturated rings. The van der Waals surface area contributed by atoms with Crippen molar-refractivity contribution in [1.82, 2.24) is 10.2 Å². The Kier molecular flexibility index (Phi) is 5.31. The predicted molar refractivity (Wildman–Crippen MR) is 95.9 cm³/mol. The molecule has 1 unspecified atom stereocenters. The molecular weight excluding hydrogens is 323 g/mol. The van der Waals surface area contributed by atoms with Gasteiger partial charge in [-0.3, -0.25) is 4.79 Å². The van der Waals surface area contributed by atoms with E-state index in [4.69, 9.17) is 0 Å². The van der Waals surface area contributed by atoms with Crippen molar-refractivity contribution in [3.8, 4) is 0 Å². The maximum atomic E-state index is 13.8. The smallest absolute Gasteiger partial charge is 0.256 e. The number of hydrogen-bond acceptors (Lipinski definition) is 3. The van der Waals surface area contributed by atoms with Gasteiger partial charge >= 0.3 is 0 Å². The van der Waals surface area contributed by atoms with Crippen LogP contribution in [0.3, 0.4) is 0 Å². The molecule has 1 aliphatic heterocycles. The van der Waals surface area contributed by atoms with Crippen molar-refractivity contribution >= 4 is 17.2 Å². The van der Waals surface area contributed by atoms with E-state index in [9.17, 15) is 9.18 Å². The molecule has 1 aromatic carbocycles. The minimum absolute atomic E-state index is 0.173. The van der Waals surface area contributed by atoms with E-state index >= 15 is 0 Å². The van der Waals surface area contributed by atoms with Crippen molar-refractivity contribution in [1.29, 1.82) is 0 Å². The van der Waals surface area contributed by atoms with Gasteiger partial charge in [0.25, 0.3) is 5.91 Å². The number of nitrogens with one attached hydrogen (secondary N) is 1. The SMILES string of the molecule is Cc1ccsc1C(C)NC1CCN(C(=O)c2ccccc2F)CC1. The fourth-order valence-corrected chi connectivity index (χ4v) is 4.26. The molecule has 1 N–H and O–H groups in total. The molecule has 1 saturated heterocycles. The second-order valence-corrected chi connectivity index (χ2v) is 7.35. The average molecular weight is 346 g/mol. The van der Waals surface area contributed by atoms with E-state index in [-0.39, 0.29) is 11.5 Å². The number of thiophene rings is 1. The summed E-state index contributed by atoms with van der Waals surface area (Å²) in [6.45, 7) is 5.66. The molecule has 1 aromatic heterocycles. The molecule has 1 amide bonds. The number of piperidine rings is 1. The number of halogens is 1. The summed E-state index contributed by atoms with van der Waals surface area (Å²) in [5.41, 5.74) is 1.50. The third-order valence-electron chi connectivity index (χ3n) is 4.67. The van der Waals surface area contributed by atoms with Gasteiger partial charge in [0, 0.05) is 30.1 Å². The van der Waals surface area contributed by atoms with Crippen molar-refractivity contribution in [3.05, 3.63) is 57.5 Å². The molecule has 5 heteroatoms. The quantitative estimate of drug-likeness (QED) is 0.902. The number of nitrogens with zero attached hydrogens (tertiary/aromatic N) is 1. The first kappa shape index (κ1) is 17.1. The van der Waals surface area contributed by atoms with Crippen LogP contribution < -0.4 is 5.32 Å². The highest BCUT2D eigenvalue weighted by Crippen LogP contribution is 2.25. The zero-order chi connectivity index (χ0) is 17.1. The molecule has 0 spiro atoms. The van der Waals surface area contributed by atoms with Crippen LogP contribution in [0.1, 0.15) is 46.6 Å². The summed E-state index contributed by atoms with van der Waals surface area (Å²) in [7, 11) is 0. The Balaban J connectivity index is 1.55. The van der Waals surface area contributed by atoms with Gasteiger partial charge in [-0.25, -0.2) is 4.39 Å². The number of amides is 1. The van der Waals surface area contributed by atoms with E-state index in [0.29, 0.717) is 25.2 Å². The number of aryl methyl sites for hydroxylation is 1. The lowest BCUT2D eigenvalue weighted by molar-refractivity contribution is 0.0698. The van der Waals surface area contributed by atoms with E-state index in [1.54, 1.807) is 34.4 Å². The molecule has 1 aliphatic rings. The van der Waals surface area contributed by atoms with Gasteiger partial charge in [-0.2, -0.15) is 0 Å². The Morgan fingerprint density at radius 2 is 2.00 bits per heavy atom. The first-order valence-corrected chi connectivity index (χ1v) is 9.28. The van der Waals surface area contributed by atoms with Gasteiger partial charge in [0.15, 0.2) is 0 Å². The molecule has 3 nitrogen and oxygen atoms in total. The third-order valence-corrected chi connectivity index (χ3v) is 5.87. The lowest BCUT2D eigenvalue weighted by atomic mass is 10.0. The van der Waals surface area contributed by atoms with Crippen LogP contribution in [0.15, 0.2) is 35.7 Å². The Labute approximate surface area is 146 Å². The summed E-state index contributed by atoms with van der Waals surface area (Å²) >= 11 is 1.78. The summed E-state index contributed by atoms with van der Waals surface area (Å²) in [5, 5.41) is 5.79. The van der Waals surface area contributed by atoms with E-state index in [1.165, 1.54) is 16.5 Å². The standard InChI is InChI=1S/C19H23FN2OS/c1-13-9-12-24-18(13)14(2)21-15-7-10-22(11-8-15)19(23)16-5-3-4-6-17(16)20/h3-6,9,12,14-15,21H,7-8,10-11H2,1-2H3. The number of benzene rings is 1. The van der Waals surface area contributed by atoms with Gasteiger partial charge in [0.1, 0.15) is 5.82 Å². The van der Waals surface area contributed by atoms with Crippen molar-refractivity contribution in [2.24, 2.45) is 0 Å². The topological polar surface area (TPSA) is 32.3 Å². The fourth-order valence-electron chi connectivity index (χ4n) is 3.31. The highest BCUT2D eigenvalue weighted by atomic mass is 32.1. The molecule has 3 rings (SSSR count). The Morgan fingerprint density at radius 1 is 1.29 bits per heavy atom. The van der Waals surface area contributed by atoms with Gasteiger partial charge in [-0.05, 0) is 55.8 Å². The van der Waals surface area contributed by atoms with Gasteiger partial charge in [-0.15, -0.1) is 11.3 Å². The molecule has 0 radical (unpaired) electrons. The predicted octanol–water partition coefficient (Wildman–Crippen LogP) is 4.15. The maximum absolute atomic E-state index is 13.8. The lowest BCUT2D eigenvalue weighted by Crippen LogP contribution is -2.45. The number of rotatable bonds is 4. The van der Waals surface area contributed by atoms with Crippen molar-refractivity contribution < 1.29 is 9.18 Å². The van der Waals surface area contributed by atoms with E-state index in [0.717, 1.165) is 12.8 Å². The molecule has 0 aliphatic carbocycles. The summed E-state index contributed by atoms with van der Waals surface area (Å²) < 4.78 is 13.8. The van der Waals surface area contributed by atoms with Crippen LogP contribution in [0.2, 0.25) is 0 Å². The van der Waals surface area contributed by atoms with Crippen LogP contribution in [-0.2, 0) is 0 Å². The Morgan fingerprint density at radius 3 is 2.62 bits per heavy atom. The van der Waals surface area contributed by atoms with Crippen LogP contribution in [0, 0.1) is 12.7 Å². The molecule has 2 heterocycles. The van der Waals surface area contributed by atoms with E-state index < -0.39 is 5.82 Å². The lowest BCUT2D eigenvalue weighted by Gasteiger charge is -2.34. The van der Waals surface area contributed by atoms with Crippen molar-refractivity contribution in [3.63, 3.8) is 0 Å². The fraction of sp³-hybridized carbons (Fsp3) is 0.421. The Bertz CT molecular complexity index is 707. The van der Waals surface area contributed by atoms with Crippen molar-refractivity contribution in [2.45, 2.75) is 38.8 Å². The van der Waals surface area contributed by atoms with Gasteiger partial charge in [-0.1, -0.05) is 12.1 Å². The molecule has 2 aromatic rings. The number of likely N-dealkylation sites (tertiary alicyclic amines) is 1. The molecule has 128 valence electrons. The third kappa shape index (κ3) is 3.68. The molecule has 0 saturated carbocycles. The number of carbonyl (C=O) groups is 1. The largest absolute Gasteiger partial charge is 0.338 e. The monoisotopic (exact) mass is 346 g/mol. The van der Waals surface area contributed by atoms with Crippen LogP contribution >= 0.6 is 11.3 Å². The number of hydrogen-bond donors (Lipinski definition) is 1. The normalized spacial score (nSPS) is 17.0. The second kappa shape index (κ2) is 7.45. The van der Waals surface area contributed by atoms with E-state index in [1.807, 2.05) is 0 Å². The summed E-state index contributed by atoms with van der Waals surface area (Å²) in [6, 6.07) is 9.07. The second-order valence-electron chi connectivity index (χ2n) is 6.40. The van der Waals surface area contributed by atoms with Crippen LogP contribution in [0.5, 0.6) is 0 Å². The summed E-state index contributed by atoms with van der Waals surface area (Å²) in [6.07, 6.45) is 1.80. The Hall–Kier alpha value is -1.72. The summed E-state index contributed by atoms with van der Waals surface area (Å²) in [4.78, 5) is 15.6. The molecular formula is C19H23FN2OS. The van der Waals surface area contributed by atoms with Gasteiger partial charge in [0.2, 0.25) is 0 Å². The summed E-state index contributed by atoms with van der Waals surface area (Å²) in [5.74, 6) is -0.641. The zero-order valence-corrected chi connectivity index (χ0v) is 14.9. The van der Waals surface area contributed by atoms with Gasteiger partial charge in [0.05, 0.1) is 5.56 Å². The highest BCUT2D eigenvalue weighted by molar-refractivity contribution is 7.10. The van der Waals surface area contributed by atoms with E-state index in [2.05, 4.69) is 30.6 Å².